The molecule has 1 unspecified atom stereocenters. The molecule has 3 rings (SSSR count). The zero-order valence-electron chi connectivity index (χ0n) is 17.5. The van der Waals surface area contributed by atoms with E-state index in [1.54, 1.807) is 10.7 Å². The van der Waals surface area contributed by atoms with E-state index in [1.807, 2.05) is 69.1 Å². The molecule has 2 aromatic carbocycles. The first kappa shape index (κ1) is 21.2. The molecule has 0 aliphatic rings. The quantitative estimate of drug-likeness (QED) is 0.471. The van der Waals surface area contributed by atoms with Crippen molar-refractivity contribution in [3.63, 3.8) is 0 Å². The zero-order chi connectivity index (χ0) is 21.8. The average molecular weight is 407 g/mol. The molecule has 0 aliphatic heterocycles. The largest absolute Gasteiger partial charge is 0.309 e. The minimum absolute atomic E-state index is 0.0369. The second kappa shape index (κ2) is 8.87. The van der Waals surface area contributed by atoms with Gasteiger partial charge >= 0.3 is 0 Å². The van der Waals surface area contributed by atoms with E-state index >= 15 is 0 Å². The molecule has 8 nitrogen and oxygen atoms in total. The highest BCUT2D eigenvalue weighted by molar-refractivity contribution is 5.91. The predicted octanol–water partition coefficient (Wildman–Crippen LogP) is 4.03. The fraction of sp³-hybridized carbons (Fsp3) is 0.273. The minimum Gasteiger partial charge on any atom is -0.309 e. The number of anilines is 1. The first-order valence-electron chi connectivity index (χ1n) is 9.63. The summed E-state index contributed by atoms with van der Waals surface area (Å²) in [6.45, 7) is 5.91. The van der Waals surface area contributed by atoms with E-state index in [9.17, 15) is 14.9 Å². The maximum Gasteiger partial charge on any atom is 0.269 e. The van der Waals surface area contributed by atoms with Gasteiger partial charge in [0.1, 0.15) is 5.82 Å². The van der Waals surface area contributed by atoms with Crippen LogP contribution in [0.2, 0.25) is 0 Å². The number of rotatable bonds is 7. The number of aryl methyl sites for hydroxylation is 2. The number of amides is 1. The van der Waals surface area contributed by atoms with Gasteiger partial charge in [-0.2, -0.15) is 5.10 Å². The van der Waals surface area contributed by atoms with Gasteiger partial charge in [0.2, 0.25) is 5.91 Å². The highest BCUT2D eigenvalue weighted by atomic mass is 16.6. The third-order valence-electron chi connectivity index (χ3n) is 5.06. The van der Waals surface area contributed by atoms with Crippen LogP contribution in [-0.4, -0.2) is 39.1 Å². The molecule has 1 amide bonds. The SMILES string of the molecule is Cc1cc(NC(=O)CN(C)C(C)c2cccc([N+](=O)[O-])c2)n(-c2ccccc2C)n1. The van der Waals surface area contributed by atoms with Crippen molar-refractivity contribution < 1.29 is 9.72 Å². The topological polar surface area (TPSA) is 93.3 Å². The number of para-hydroxylation sites is 1. The van der Waals surface area contributed by atoms with Gasteiger partial charge in [0.25, 0.3) is 5.69 Å². The van der Waals surface area contributed by atoms with Crippen LogP contribution in [0.3, 0.4) is 0 Å². The van der Waals surface area contributed by atoms with Crippen molar-refractivity contribution >= 4 is 17.4 Å². The minimum atomic E-state index is -0.419. The zero-order valence-corrected chi connectivity index (χ0v) is 17.5. The molecule has 30 heavy (non-hydrogen) atoms. The van der Waals surface area contributed by atoms with Crippen LogP contribution >= 0.6 is 0 Å². The highest BCUT2D eigenvalue weighted by Gasteiger charge is 2.19. The number of non-ortho nitro benzene ring substituents is 1. The van der Waals surface area contributed by atoms with Crippen molar-refractivity contribution in [2.75, 3.05) is 18.9 Å². The summed E-state index contributed by atoms with van der Waals surface area (Å²) in [6, 6.07) is 16.0. The number of benzene rings is 2. The molecule has 0 aliphatic carbocycles. The fourth-order valence-electron chi connectivity index (χ4n) is 3.27. The van der Waals surface area contributed by atoms with Crippen molar-refractivity contribution in [2.24, 2.45) is 0 Å². The van der Waals surface area contributed by atoms with Crippen LogP contribution in [0, 0.1) is 24.0 Å². The summed E-state index contributed by atoms with van der Waals surface area (Å²) in [5.74, 6) is 0.410. The van der Waals surface area contributed by atoms with E-state index in [-0.39, 0.29) is 24.2 Å². The Morgan fingerprint density at radius 3 is 2.63 bits per heavy atom. The summed E-state index contributed by atoms with van der Waals surface area (Å²) in [7, 11) is 1.81. The van der Waals surface area contributed by atoms with Crippen molar-refractivity contribution in [2.45, 2.75) is 26.8 Å². The Bertz CT molecular complexity index is 1080. The van der Waals surface area contributed by atoms with Crippen LogP contribution in [-0.2, 0) is 4.79 Å². The van der Waals surface area contributed by atoms with Gasteiger partial charge < -0.3 is 5.32 Å². The smallest absolute Gasteiger partial charge is 0.269 e. The van der Waals surface area contributed by atoms with Gasteiger partial charge in [-0.1, -0.05) is 30.3 Å². The summed E-state index contributed by atoms with van der Waals surface area (Å²) in [5.41, 5.74) is 3.56. The molecular formula is C22H25N5O3. The third kappa shape index (κ3) is 4.72. The number of nitro benzene ring substituents is 1. The Hall–Kier alpha value is -3.52. The lowest BCUT2D eigenvalue weighted by Crippen LogP contribution is -2.32. The van der Waals surface area contributed by atoms with Gasteiger partial charge in [0.15, 0.2) is 0 Å². The number of hydrogen-bond acceptors (Lipinski definition) is 5. The van der Waals surface area contributed by atoms with E-state index in [0.29, 0.717) is 5.82 Å². The number of nitro groups is 1. The molecule has 1 N–H and O–H groups in total. The Balaban J connectivity index is 1.73. The third-order valence-corrected chi connectivity index (χ3v) is 5.06. The Morgan fingerprint density at radius 1 is 1.20 bits per heavy atom. The summed E-state index contributed by atoms with van der Waals surface area (Å²) in [5, 5.41) is 18.5. The van der Waals surface area contributed by atoms with Gasteiger partial charge in [-0.05, 0) is 45.0 Å². The van der Waals surface area contributed by atoms with Gasteiger partial charge in [-0.15, -0.1) is 0 Å². The molecule has 8 heteroatoms. The van der Waals surface area contributed by atoms with Crippen molar-refractivity contribution in [3.8, 4) is 5.69 Å². The maximum absolute atomic E-state index is 12.7. The molecule has 0 bridgehead atoms. The fourth-order valence-corrected chi connectivity index (χ4v) is 3.27. The van der Waals surface area contributed by atoms with Crippen molar-refractivity contribution in [1.29, 1.82) is 0 Å². The summed E-state index contributed by atoms with van der Waals surface area (Å²) >= 11 is 0. The Morgan fingerprint density at radius 2 is 1.93 bits per heavy atom. The van der Waals surface area contributed by atoms with E-state index in [2.05, 4.69) is 10.4 Å². The van der Waals surface area contributed by atoms with Gasteiger partial charge in [-0.3, -0.25) is 19.8 Å². The standard InChI is InChI=1S/C22H25N5O3/c1-15-8-5-6-11-20(15)26-21(12-16(2)24-26)23-22(28)14-25(4)17(3)18-9-7-10-19(13-18)27(29)30/h5-13,17H,14H2,1-4H3,(H,23,28). The molecule has 1 heterocycles. The monoisotopic (exact) mass is 407 g/mol. The number of nitrogens with zero attached hydrogens (tertiary/aromatic N) is 4. The normalized spacial score (nSPS) is 12.0. The second-order valence-corrected chi connectivity index (χ2v) is 7.36. The lowest BCUT2D eigenvalue weighted by atomic mass is 10.1. The Kier molecular flexibility index (Phi) is 6.27. The lowest BCUT2D eigenvalue weighted by Gasteiger charge is -2.24. The maximum atomic E-state index is 12.7. The number of aromatic nitrogens is 2. The molecule has 0 saturated carbocycles. The van der Waals surface area contributed by atoms with E-state index in [4.69, 9.17) is 0 Å². The summed E-state index contributed by atoms with van der Waals surface area (Å²) < 4.78 is 1.73. The van der Waals surface area contributed by atoms with Gasteiger partial charge in [0.05, 0.1) is 22.8 Å². The lowest BCUT2D eigenvalue weighted by molar-refractivity contribution is -0.384. The molecule has 1 atom stereocenters. The predicted molar refractivity (Wildman–Crippen MR) is 116 cm³/mol. The molecule has 3 aromatic rings. The van der Waals surface area contributed by atoms with E-state index in [1.165, 1.54) is 12.1 Å². The first-order chi connectivity index (χ1) is 14.3. The van der Waals surface area contributed by atoms with Crippen LogP contribution in [0.5, 0.6) is 0 Å². The van der Waals surface area contributed by atoms with E-state index < -0.39 is 4.92 Å². The molecule has 0 spiro atoms. The average Bonchev–Trinajstić information content (AvgIpc) is 3.07. The molecule has 0 saturated heterocycles. The number of carbonyl (C=O) groups excluding carboxylic acids is 1. The van der Waals surface area contributed by atoms with Gasteiger partial charge in [-0.25, -0.2) is 4.68 Å². The summed E-state index contributed by atoms with van der Waals surface area (Å²) in [4.78, 5) is 25.2. The van der Waals surface area contributed by atoms with Crippen LogP contribution in [0.4, 0.5) is 11.5 Å². The van der Waals surface area contributed by atoms with Crippen LogP contribution < -0.4 is 5.32 Å². The number of carbonyl (C=O) groups is 1. The number of likely N-dealkylation sites (N-methyl/N-ethyl adjacent to an activating group) is 1. The van der Waals surface area contributed by atoms with Crippen LogP contribution in [0.15, 0.2) is 54.6 Å². The number of hydrogen-bond donors (Lipinski definition) is 1. The van der Waals surface area contributed by atoms with Crippen molar-refractivity contribution in [3.05, 3.63) is 81.5 Å². The second-order valence-electron chi connectivity index (χ2n) is 7.36. The first-order valence-corrected chi connectivity index (χ1v) is 9.63. The molecule has 1 aromatic heterocycles. The molecule has 0 fully saturated rings. The number of nitrogens with one attached hydrogen (secondary N) is 1. The van der Waals surface area contributed by atoms with Crippen LogP contribution in [0.25, 0.3) is 5.69 Å². The summed E-state index contributed by atoms with van der Waals surface area (Å²) in [6.07, 6.45) is 0. The molecule has 156 valence electrons. The van der Waals surface area contributed by atoms with Crippen LogP contribution in [0.1, 0.15) is 29.8 Å². The Labute approximate surface area is 175 Å². The highest BCUT2D eigenvalue weighted by Crippen LogP contribution is 2.23. The van der Waals surface area contributed by atoms with Gasteiger partial charge in [0, 0.05) is 24.2 Å². The molecule has 0 radical (unpaired) electrons. The molecular weight excluding hydrogens is 382 g/mol. The van der Waals surface area contributed by atoms with Crippen molar-refractivity contribution in [1.82, 2.24) is 14.7 Å². The van der Waals surface area contributed by atoms with E-state index in [0.717, 1.165) is 22.5 Å².